The maximum absolute atomic E-state index is 12.9. The molecule has 0 bridgehead atoms. The summed E-state index contributed by atoms with van der Waals surface area (Å²) in [6.45, 7) is 2.60. The molecule has 1 unspecified atom stereocenters. The second-order valence-electron chi connectivity index (χ2n) is 7.61. The summed E-state index contributed by atoms with van der Waals surface area (Å²) in [7, 11) is 0. The van der Waals surface area contributed by atoms with Crippen LogP contribution >= 0.6 is 0 Å². The van der Waals surface area contributed by atoms with E-state index in [4.69, 9.17) is 0 Å². The highest BCUT2D eigenvalue weighted by molar-refractivity contribution is 5.89. The molecule has 1 saturated heterocycles. The summed E-state index contributed by atoms with van der Waals surface area (Å²) in [6.07, 6.45) is 4.20. The summed E-state index contributed by atoms with van der Waals surface area (Å²) in [5.74, 6) is 0.0284. The number of carbonyl (C=O) groups excluding carboxylic acids is 2. The fourth-order valence-corrected chi connectivity index (χ4v) is 4.10. The van der Waals surface area contributed by atoms with E-state index in [-0.39, 0.29) is 17.7 Å². The van der Waals surface area contributed by atoms with Gasteiger partial charge in [0, 0.05) is 32.6 Å². The van der Waals surface area contributed by atoms with Crippen LogP contribution in [-0.2, 0) is 16.0 Å². The van der Waals surface area contributed by atoms with Gasteiger partial charge in [-0.25, -0.2) is 0 Å². The van der Waals surface area contributed by atoms with Crippen molar-refractivity contribution >= 4 is 17.4 Å². The number of nitrogens with zero attached hydrogens (tertiary/aromatic N) is 2. The smallest absolute Gasteiger partial charge is 0.228 e. The number of benzene rings is 2. The fraction of sp³-hybridized carbons (Fsp3) is 0.333. The molecule has 1 atom stereocenters. The Morgan fingerprint density at radius 2 is 1.71 bits per heavy atom. The minimum Gasteiger partial charge on any atom is -0.342 e. The lowest BCUT2D eigenvalue weighted by atomic mass is 9.98. The molecule has 0 spiro atoms. The largest absolute Gasteiger partial charge is 0.342 e. The van der Waals surface area contributed by atoms with Crippen LogP contribution < -0.4 is 0 Å². The minimum absolute atomic E-state index is 0.104. The van der Waals surface area contributed by atoms with Crippen LogP contribution in [0.4, 0.5) is 0 Å². The summed E-state index contributed by atoms with van der Waals surface area (Å²) in [4.78, 5) is 29.1. The number of amides is 2. The van der Waals surface area contributed by atoms with Crippen molar-refractivity contribution in [1.29, 1.82) is 0 Å². The molecule has 0 aliphatic carbocycles. The van der Waals surface area contributed by atoms with E-state index in [0.29, 0.717) is 26.1 Å². The standard InChI is InChI=1S/C24H26N2O2/c27-23-17-22(18-26(23)14-11-19-7-3-1-4-8-19)24(28)25-15-12-21(13-16-25)20-9-5-2-6-10-20/h1-10,12,22H,11,13-18H2. The molecule has 1 fully saturated rings. The van der Waals surface area contributed by atoms with Crippen molar-refractivity contribution in [1.82, 2.24) is 9.80 Å². The van der Waals surface area contributed by atoms with Gasteiger partial charge in [-0.05, 0) is 29.5 Å². The lowest BCUT2D eigenvalue weighted by Crippen LogP contribution is -2.40. The predicted octanol–water partition coefficient (Wildman–Crippen LogP) is 3.39. The van der Waals surface area contributed by atoms with Gasteiger partial charge >= 0.3 is 0 Å². The van der Waals surface area contributed by atoms with Gasteiger partial charge in [0.2, 0.25) is 11.8 Å². The van der Waals surface area contributed by atoms with E-state index in [9.17, 15) is 9.59 Å². The van der Waals surface area contributed by atoms with E-state index >= 15 is 0 Å². The SMILES string of the molecule is O=C1CC(C(=O)N2CC=C(c3ccccc3)CC2)CN1CCc1ccccc1. The summed E-state index contributed by atoms with van der Waals surface area (Å²) >= 11 is 0. The number of hydrogen-bond donors (Lipinski definition) is 0. The first-order chi connectivity index (χ1) is 13.7. The quantitative estimate of drug-likeness (QED) is 0.805. The molecule has 2 amide bonds. The van der Waals surface area contributed by atoms with E-state index in [1.165, 1.54) is 16.7 Å². The maximum Gasteiger partial charge on any atom is 0.228 e. The molecule has 2 aliphatic rings. The topological polar surface area (TPSA) is 40.6 Å². The van der Waals surface area contributed by atoms with Crippen LogP contribution in [0.1, 0.15) is 24.0 Å². The van der Waals surface area contributed by atoms with Crippen molar-refractivity contribution in [2.45, 2.75) is 19.3 Å². The lowest BCUT2D eigenvalue weighted by molar-refractivity contribution is -0.135. The molecule has 4 nitrogen and oxygen atoms in total. The Kier molecular flexibility index (Phi) is 5.56. The third-order valence-corrected chi connectivity index (χ3v) is 5.74. The zero-order valence-corrected chi connectivity index (χ0v) is 16.1. The molecule has 2 aromatic rings. The van der Waals surface area contributed by atoms with Gasteiger partial charge < -0.3 is 9.80 Å². The van der Waals surface area contributed by atoms with Crippen molar-refractivity contribution in [3.05, 3.63) is 77.9 Å². The summed E-state index contributed by atoms with van der Waals surface area (Å²) in [5.41, 5.74) is 3.76. The molecule has 4 rings (SSSR count). The Morgan fingerprint density at radius 3 is 2.39 bits per heavy atom. The predicted molar refractivity (Wildman–Crippen MR) is 110 cm³/mol. The maximum atomic E-state index is 12.9. The van der Waals surface area contributed by atoms with Gasteiger partial charge in [0.05, 0.1) is 5.92 Å². The zero-order chi connectivity index (χ0) is 19.3. The van der Waals surface area contributed by atoms with Crippen LogP contribution in [0, 0.1) is 5.92 Å². The van der Waals surface area contributed by atoms with Gasteiger partial charge in [0.15, 0.2) is 0 Å². The lowest BCUT2D eigenvalue weighted by Gasteiger charge is -2.29. The first kappa shape index (κ1) is 18.5. The summed E-state index contributed by atoms with van der Waals surface area (Å²) < 4.78 is 0. The molecule has 0 saturated carbocycles. The molecule has 0 radical (unpaired) electrons. The van der Waals surface area contributed by atoms with Gasteiger partial charge in [-0.3, -0.25) is 9.59 Å². The van der Waals surface area contributed by atoms with Crippen LogP contribution in [0.2, 0.25) is 0 Å². The molecule has 28 heavy (non-hydrogen) atoms. The second-order valence-corrected chi connectivity index (χ2v) is 7.61. The third kappa shape index (κ3) is 4.16. The molecule has 2 aromatic carbocycles. The van der Waals surface area contributed by atoms with E-state index in [0.717, 1.165) is 19.4 Å². The average molecular weight is 374 g/mol. The van der Waals surface area contributed by atoms with Crippen molar-refractivity contribution in [3.8, 4) is 0 Å². The highest BCUT2D eigenvalue weighted by Crippen LogP contribution is 2.25. The van der Waals surface area contributed by atoms with E-state index < -0.39 is 0 Å². The number of hydrogen-bond acceptors (Lipinski definition) is 2. The Morgan fingerprint density at radius 1 is 1.00 bits per heavy atom. The van der Waals surface area contributed by atoms with Gasteiger partial charge in [0.25, 0.3) is 0 Å². The highest BCUT2D eigenvalue weighted by atomic mass is 16.2. The summed E-state index contributed by atoms with van der Waals surface area (Å²) in [5, 5.41) is 0. The molecule has 2 aliphatic heterocycles. The molecular formula is C24H26N2O2. The van der Waals surface area contributed by atoms with Gasteiger partial charge in [0.1, 0.15) is 0 Å². The number of carbonyl (C=O) groups is 2. The number of rotatable bonds is 5. The van der Waals surface area contributed by atoms with Crippen LogP contribution in [0.25, 0.3) is 5.57 Å². The number of likely N-dealkylation sites (tertiary alicyclic amines) is 1. The molecule has 0 N–H and O–H groups in total. The molecule has 0 aromatic heterocycles. The van der Waals surface area contributed by atoms with Crippen LogP contribution in [0.5, 0.6) is 0 Å². The van der Waals surface area contributed by atoms with Crippen molar-refractivity contribution in [2.75, 3.05) is 26.2 Å². The minimum atomic E-state index is -0.199. The Balaban J connectivity index is 1.32. The molecular weight excluding hydrogens is 348 g/mol. The fourth-order valence-electron chi connectivity index (χ4n) is 4.10. The van der Waals surface area contributed by atoms with Crippen molar-refractivity contribution in [3.63, 3.8) is 0 Å². The highest BCUT2D eigenvalue weighted by Gasteiger charge is 2.36. The normalized spacial score (nSPS) is 19.6. The van der Waals surface area contributed by atoms with Gasteiger partial charge in [-0.15, -0.1) is 0 Å². The van der Waals surface area contributed by atoms with Crippen LogP contribution in [-0.4, -0.2) is 47.8 Å². The first-order valence-corrected chi connectivity index (χ1v) is 10.1. The van der Waals surface area contributed by atoms with E-state index in [2.05, 4.69) is 30.3 Å². The Bertz CT molecular complexity index is 861. The summed E-state index contributed by atoms with van der Waals surface area (Å²) in [6, 6.07) is 20.5. The third-order valence-electron chi connectivity index (χ3n) is 5.74. The zero-order valence-electron chi connectivity index (χ0n) is 16.1. The van der Waals surface area contributed by atoms with Crippen LogP contribution in [0.3, 0.4) is 0 Å². The van der Waals surface area contributed by atoms with Crippen molar-refractivity contribution < 1.29 is 9.59 Å². The molecule has 2 heterocycles. The Hall–Kier alpha value is -2.88. The van der Waals surface area contributed by atoms with Gasteiger partial charge in [-0.1, -0.05) is 66.7 Å². The van der Waals surface area contributed by atoms with Gasteiger partial charge in [-0.2, -0.15) is 0 Å². The van der Waals surface area contributed by atoms with E-state index in [1.54, 1.807) is 0 Å². The first-order valence-electron chi connectivity index (χ1n) is 10.1. The molecule has 144 valence electrons. The van der Waals surface area contributed by atoms with Crippen LogP contribution in [0.15, 0.2) is 66.7 Å². The van der Waals surface area contributed by atoms with Crippen molar-refractivity contribution in [2.24, 2.45) is 5.92 Å². The monoisotopic (exact) mass is 374 g/mol. The average Bonchev–Trinajstić information content (AvgIpc) is 3.14. The van der Waals surface area contributed by atoms with E-state index in [1.807, 2.05) is 46.2 Å². The second kappa shape index (κ2) is 8.42. The molecule has 4 heteroatoms. The Labute approximate surface area is 166 Å².